The SMILES string of the molecule is Cc1cc(-c2nnc(N)s2)cc2c1OCCN(c1nc(N)nc(C)c1C(C)C)C2. The molecule has 1 aliphatic heterocycles. The number of aromatic nitrogens is 4. The highest BCUT2D eigenvalue weighted by Gasteiger charge is 2.24. The first-order valence-electron chi connectivity index (χ1n) is 9.58. The third-order valence-electron chi connectivity index (χ3n) is 5.02. The Hall–Kier alpha value is -2.94. The highest BCUT2D eigenvalue weighted by molar-refractivity contribution is 7.18. The average molecular weight is 412 g/mol. The molecular weight excluding hydrogens is 386 g/mol. The van der Waals surface area contributed by atoms with Crippen molar-refractivity contribution in [3.05, 3.63) is 34.5 Å². The van der Waals surface area contributed by atoms with Crippen molar-refractivity contribution in [2.24, 2.45) is 0 Å². The molecule has 3 heterocycles. The highest BCUT2D eigenvalue weighted by atomic mass is 32.1. The zero-order valence-electron chi connectivity index (χ0n) is 17.1. The zero-order chi connectivity index (χ0) is 20.7. The molecule has 8 nitrogen and oxygen atoms in total. The molecule has 9 heteroatoms. The summed E-state index contributed by atoms with van der Waals surface area (Å²) in [5.74, 6) is 2.37. The Morgan fingerprint density at radius 2 is 1.93 bits per heavy atom. The van der Waals surface area contributed by atoms with E-state index in [1.165, 1.54) is 11.3 Å². The fraction of sp³-hybridized carbons (Fsp3) is 0.400. The van der Waals surface area contributed by atoms with Crippen LogP contribution in [-0.2, 0) is 6.54 Å². The highest BCUT2D eigenvalue weighted by Crippen LogP contribution is 2.37. The van der Waals surface area contributed by atoms with Gasteiger partial charge in [-0.25, -0.2) is 4.98 Å². The second-order valence-electron chi connectivity index (χ2n) is 7.56. The van der Waals surface area contributed by atoms with Crippen LogP contribution in [0.4, 0.5) is 16.9 Å². The van der Waals surface area contributed by atoms with E-state index < -0.39 is 0 Å². The molecule has 0 atom stereocenters. The normalized spacial score (nSPS) is 13.9. The molecule has 0 radical (unpaired) electrons. The fourth-order valence-electron chi connectivity index (χ4n) is 3.87. The van der Waals surface area contributed by atoms with Gasteiger partial charge in [0.05, 0.1) is 6.54 Å². The molecular formula is C20H25N7OS. The first-order valence-corrected chi connectivity index (χ1v) is 10.4. The van der Waals surface area contributed by atoms with E-state index in [2.05, 4.69) is 58.0 Å². The lowest BCUT2D eigenvalue weighted by Gasteiger charge is -2.26. The summed E-state index contributed by atoms with van der Waals surface area (Å²) in [4.78, 5) is 11.2. The first kappa shape index (κ1) is 19.4. The van der Waals surface area contributed by atoms with Gasteiger partial charge in [-0.1, -0.05) is 25.2 Å². The summed E-state index contributed by atoms with van der Waals surface area (Å²) < 4.78 is 6.11. The quantitative estimate of drug-likeness (QED) is 0.674. The number of hydrogen-bond acceptors (Lipinski definition) is 9. The van der Waals surface area contributed by atoms with Gasteiger partial charge in [-0.3, -0.25) is 0 Å². The Balaban J connectivity index is 1.78. The third kappa shape index (κ3) is 3.69. The molecule has 29 heavy (non-hydrogen) atoms. The van der Waals surface area contributed by atoms with Gasteiger partial charge in [0.2, 0.25) is 11.1 Å². The molecule has 0 saturated heterocycles. The van der Waals surface area contributed by atoms with Gasteiger partial charge in [0.25, 0.3) is 0 Å². The number of anilines is 3. The predicted molar refractivity (Wildman–Crippen MR) is 116 cm³/mol. The maximum absolute atomic E-state index is 6.11. The number of aryl methyl sites for hydroxylation is 2. The van der Waals surface area contributed by atoms with Crippen LogP contribution in [0.1, 0.15) is 42.1 Å². The molecule has 0 bridgehead atoms. The lowest BCUT2D eigenvalue weighted by Crippen LogP contribution is -2.28. The Kier molecular flexibility index (Phi) is 4.99. The van der Waals surface area contributed by atoms with E-state index in [4.69, 9.17) is 16.2 Å². The summed E-state index contributed by atoms with van der Waals surface area (Å²) in [5, 5.41) is 9.39. The number of rotatable bonds is 3. The average Bonchev–Trinajstić information content (AvgIpc) is 2.95. The molecule has 4 N–H and O–H groups in total. The van der Waals surface area contributed by atoms with Crippen molar-refractivity contribution in [2.75, 3.05) is 29.5 Å². The van der Waals surface area contributed by atoms with Gasteiger partial charge < -0.3 is 21.1 Å². The van der Waals surface area contributed by atoms with Gasteiger partial charge in [0, 0.05) is 28.9 Å². The lowest BCUT2D eigenvalue weighted by molar-refractivity contribution is 0.329. The molecule has 2 aromatic heterocycles. The Morgan fingerprint density at radius 1 is 1.14 bits per heavy atom. The van der Waals surface area contributed by atoms with E-state index in [-0.39, 0.29) is 5.92 Å². The molecule has 4 rings (SSSR count). The molecule has 1 aromatic carbocycles. The van der Waals surface area contributed by atoms with E-state index in [1.807, 2.05) is 6.92 Å². The monoisotopic (exact) mass is 411 g/mol. The Morgan fingerprint density at radius 3 is 2.62 bits per heavy atom. The predicted octanol–water partition coefficient (Wildman–Crippen LogP) is 3.30. The summed E-state index contributed by atoms with van der Waals surface area (Å²) in [6, 6.07) is 4.17. The topological polar surface area (TPSA) is 116 Å². The summed E-state index contributed by atoms with van der Waals surface area (Å²) in [6.07, 6.45) is 0. The van der Waals surface area contributed by atoms with Gasteiger partial charge in [0.15, 0.2) is 0 Å². The molecule has 0 aliphatic carbocycles. The van der Waals surface area contributed by atoms with E-state index in [1.54, 1.807) is 0 Å². The van der Waals surface area contributed by atoms with Crippen LogP contribution in [0.5, 0.6) is 5.75 Å². The van der Waals surface area contributed by atoms with Crippen molar-refractivity contribution >= 4 is 28.2 Å². The third-order valence-corrected chi connectivity index (χ3v) is 5.82. The van der Waals surface area contributed by atoms with Crippen LogP contribution in [0.2, 0.25) is 0 Å². The van der Waals surface area contributed by atoms with Crippen molar-refractivity contribution in [1.82, 2.24) is 20.2 Å². The molecule has 3 aromatic rings. The van der Waals surface area contributed by atoms with Gasteiger partial charge in [-0.15, -0.1) is 10.2 Å². The van der Waals surface area contributed by atoms with Gasteiger partial charge in [-0.2, -0.15) is 4.98 Å². The van der Waals surface area contributed by atoms with Crippen molar-refractivity contribution in [3.8, 4) is 16.3 Å². The fourth-order valence-corrected chi connectivity index (χ4v) is 4.47. The molecule has 0 fully saturated rings. The summed E-state index contributed by atoms with van der Waals surface area (Å²) in [5.41, 5.74) is 16.9. The smallest absolute Gasteiger partial charge is 0.222 e. The minimum atomic E-state index is 0.284. The maximum Gasteiger partial charge on any atom is 0.222 e. The second-order valence-corrected chi connectivity index (χ2v) is 8.57. The van der Waals surface area contributed by atoms with Crippen LogP contribution >= 0.6 is 11.3 Å². The largest absolute Gasteiger partial charge is 0.491 e. The minimum Gasteiger partial charge on any atom is -0.491 e. The molecule has 0 amide bonds. The van der Waals surface area contributed by atoms with E-state index in [0.29, 0.717) is 30.8 Å². The number of nitrogens with zero attached hydrogens (tertiary/aromatic N) is 5. The second kappa shape index (κ2) is 7.47. The number of nitrogen functional groups attached to an aromatic ring is 2. The van der Waals surface area contributed by atoms with Crippen molar-refractivity contribution < 1.29 is 4.74 Å². The van der Waals surface area contributed by atoms with Crippen molar-refractivity contribution in [1.29, 1.82) is 0 Å². The number of hydrogen-bond donors (Lipinski definition) is 2. The first-order chi connectivity index (χ1) is 13.8. The number of benzene rings is 1. The Labute approximate surface area is 173 Å². The molecule has 152 valence electrons. The number of fused-ring (bicyclic) bond motifs is 1. The summed E-state index contributed by atoms with van der Waals surface area (Å²) in [7, 11) is 0. The van der Waals surface area contributed by atoms with Crippen LogP contribution in [0.25, 0.3) is 10.6 Å². The van der Waals surface area contributed by atoms with Gasteiger partial charge in [-0.05, 0) is 37.5 Å². The van der Waals surface area contributed by atoms with Crippen LogP contribution in [0, 0.1) is 13.8 Å². The van der Waals surface area contributed by atoms with E-state index in [9.17, 15) is 0 Å². The van der Waals surface area contributed by atoms with Crippen LogP contribution in [0.15, 0.2) is 12.1 Å². The van der Waals surface area contributed by atoms with Crippen LogP contribution < -0.4 is 21.1 Å². The summed E-state index contributed by atoms with van der Waals surface area (Å²) >= 11 is 1.38. The zero-order valence-corrected chi connectivity index (χ0v) is 17.9. The van der Waals surface area contributed by atoms with Crippen molar-refractivity contribution in [3.63, 3.8) is 0 Å². The lowest BCUT2D eigenvalue weighted by atomic mass is 10.0. The standard InChI is InChI=1S/C20H25N7OS/c1-10(2)15-12(4)23-19(21)24-17(15)27-5-6-28-16-11(3)7-13(8-14(16)9-27)18-25-26-20(22)29-18/h7-8,10H,5-6,9H2,1-4H3,(H2,22,26)(H2,21,23,24). The van der Waals surface area contributed by atoms with Crippen LogP contribution in [-0.4, -0.2) is 33.3 Å². The van der Waals surface area contributed by atoms with Gasteiger partial charge in [0.1, 0.15) is 23.2 Å². The van der Waals surface area contributed by atoms with E-state index >= 15 is 0 Å². The molecule has 0 unspecified atom stereocenters. The summed E-state index contributed by atoms with van der Waals surface area (Å²) in [6.45, 7) is 10.3. The number of ether oxygens (including phenoxy) is 1. The van der Waals surface area contributed by atoms with Crippen molar-refractivity contribution in [2.45, 2.75) is 40.2 Å². The Bertz CT molecular complexity index is 1060. The van der Waals surface area contributed by atoms with Crippen LogP contribution in [0.3, 0.4) is 0 Å². The van der Waals surface area contributed by atoms with E-state index in [0.717, 1.165) is 44.5 Å². The molecule has 0 spiro atoms. The number of nitrogens with two attached hydrogens (primary N) is 2. The minimum absolute atomic E-state index is 0.284. The molecule has 1 aliphatic rings. The van der Waals surface area contributed by atoms with Gasteiger partial charge >= 0.3 is 0 Å². The maximum atomic E-state index is 6.11. The molecule has 0 saturated carbocycles.